The molecular weight excluding hydrogens is 297 g/mol. The lowest BCUT2D eigenvalue weighted by atomic mass is 10.1. The van der Waals surface area contributed by atoms with Crippen LogP contribution in [0.1, 0.15) is 5.56 Å². The van der Waals surface area contributed by atoms with Gasteiger partial charge >= 0.3 is 0 Å². The van der Waals surface area contributed by atoms with Crippen LogP contribution in [0, 0.1) is 5.82 Å². The van der Waals surface area contributed by atoms with Crippen molar-refractivity contribution in [3.63, 3.8) is 0 Å². The number of benzene rings is 2. The van der Waals surface area contributed by atoms with Crippen molar-refractivity contribution >= 4 is 27.5 Å². The van der Waals surface area contributed by atoms with Crippen molar-refractivity contribution in [1.29, 1.82) is 0 Å². The first-order chi connectivity index (χ1) is 8.63. The van der Waals surface area contributed by atoms with E-state index in [2.05, 4.69) is 21.2 Å². The molecule has 0 saturated carbocycles. The van der Waals surface area contributed by atoms with Crippen LogP contribution in [0.5, 0.6) is 0 Å². The minimum absolute atomic E-state index is 0.161. The Bertz CT molecular complexity index is 554. The first-order valence-corrected chi connectivity index (χ1v) is 6.22. The second-order valence-electron chi connectivity index (χ2n) is 3.86. The van der Waals surface area contributed by atoms with Gasteiger partial charge in [-0.05, 0) is 42.0 Å². The molecule has 0 heterocycles. The fourth-order valence-electron chi connectivity index (χ4n) is 1.57. The third-order valence-corrected chi connectivity index (χ3v) is 2.91. The Morgan fingerprint density at radius 3 is 2.56 bits per heavy atom. The van der Waals surface area contributed by atoms with Gasteiger partial charge in [0.2, 0.25) is 5.91 Å². The number of carbonyl (C=O) groups is 1. The van der Waals surface area contributed by atoms with E-state index in [9.17, 15) is 9.18 Å². The third-order valence-electron chi connectivity index (χ3n) is 2.38. The maximum Gasteiger partial charge on any atom is 0.228 e. The van der Waals surface area contributed by atoms with E-state index in [-0.39, 0.29) is 18.1 Å². The predicted octanol–water partition coefficient (Wildman–Crippen LogP) is 3.77. The maximum absolute atomic E-state index is 13.0. The van der Waals surface area contributed by atoms with Crippen molar-refractivity contribution in [2.75, 3.05) is 5.32 Å². The largest absolute Gasteiger partial charge is 0.326 e. The van der Waals surface area contributed by atoms with Crippen LogP contribution in [0.3, 0.4) is 0 Å². The molecular formula is C14H11BrFNO. The highest BCUT2D eigenvalue weighted by molar-refractivity contribution is 9.10. The normalized spacial score (nSPS) is 10.1. The van der Waals surface area contributed by atoms with E-state index in [1.807, 2.05) is 12.1 Å². The number of hydrogen-bond donors (Lipinski definition) is 1. The van der Waals surface area contributed by atoms with Crippen LogP contribution in [0.25, 0.3) is 0 Å². The Morgan fingerprint density at radius 2 is 1.89 bits per heavy atom. The monoisotopic (exact) mass is 307 g/mol. The zero-order chi connectivity index (χ0) is 13.0. The van der Waals surface area contributed by atoms with Crippen LogP contribution >= 0.6 is 15.9 Å². The predicted molar refractivity (Wildman–Crippen MR) is 72.9 cm³/mol. The summed E-state index contributed by atoms with van der Waals surface area (Å²) in [5, 5.41) is 2.75. The molecule has 0 unspecified atom stereocenters. The summed E-state index contributed by atoms with van der Waals surface area (Å²) < 4.78 is 13.9. The average molecular weight is 308 g/mol. The number of amides is 1. The smallest absolute Gasteiger partial charge is 0.228 e. The summed E-state index contributed by atoms with van der Waals surface area (Å²) >= 11 is 3.32. The summed E-state index contributed by atoms with van der Waals surface area (Å²) in [4.78, 5) is 11.7. The fraction of sp³-hybridized carbons (Fsp3) is 0.0714. The summed E-state index contributed by atoms with van der Waals surface area (Å²) in [6.07, 6.45) is 0.161. The van der Waals surface area contributed by atoms with Crippen LogP contribution in [-0.2, 0) is 11.2 Å². The number of nitrogens with one attached hydrogen (secondary N) is 1. The average Bonchev–Trinajstić information content (AvgIpc) is 2.32. The summed E-state index contributed by atoms with van der Waals surface area (Å²) in [6.45, 7) is 0. The molecule has 2 aromatic rings. The van der Waals surface area contributed by atoms with E-state index in [4.69, 9.17) is 0 Å². The van der Waals surface area contributed by atoms with Gasteiger partial charge in [0.25, 0.3) is 0 Å². The highest BCUT2D eigenvalue weighted by atomic mass is 79.9. The molecule has 2 rings (SSSR count). The lowest BCUT2D eigenvalue weighted by Gasteiger charge is -2.05. The summed E-state index contributed by atoms with van der Waals surface area (Å²) in [5.41, 5.74) is 1.38. The zero-order valence-corrected chi connectivity index (χ0v) is 11.1. The molecule has 0 atom stereocenters. The second-order valence-corrected chi connectivity index (χ2v) is 4.78. The summed E-state index contributed by atoms with van der Waals surface area (Å²) in [6, 6.07) is 13.3. The molecule has 0 aliphatic heterocycles. The number of anilines is 1. The van der Waals surface area contributed by atoms with E-state index in [1.54, 1.807) is 24.3 Å². The standard InChI is InChI=1S/C14H11BrFNO/c15-11-4-6-13(7-5-11)17-14(18)9-10-2-1-3-12(16)8-10/h1-8H,9H2,(H,17,18). The van der Waals surface area contributed by atoms with Gasteiger partial charge in [0, 0.05) is 10.2 Å². The summed E-state index contributed by atoms with van der Waals surface area (Å²) in [5.74, 6) is -0.494. The number of carbonyl (C=O) groups excluding carboxylic acids is 1. The molecule has 0 radical (unpaired) electrons. The van der Waals surface area contributed by atoms with Crippen molar-refractivity contribution < 1.29 is 9.18 Å². The molecule has 1 amide bonds. The Labute approximate surface area is 113 Å². The Hall–Kier alpha value is -1.68. The van der Waals surface area contributed by atoms with Gasteiger partial charge in [0.1, 0.15) is 5.82 Å². The van der Waals surface area contributed by atoms with Crippen LogP contribution < -0.4 is 5.32 Å². The molecule has 0 saturated heterocycles. The van der Waals surface area contributed by atoms with E-state index >= 15 is 0 Å². The Balaban J connectivity index is 1.98. The molecule has 92 valence electrons. The summed E-state index contributed by atoms with van der Waals surface area (Å²) in [7, 11) is 0. The molecule has 0 aliphatic carbocycles. The van der Waals surface area contributed by atoms with Crippen LogP contribution in [0.2, 0.25) is 0 Å². The quantitative estimate of drug-likeness (QED) is 0.919. The topological polar surface area (TPSA) is 29.1 Å². The van der Waals surface area contributed by atoms with Gasteiger partial charge in [0.15, 0.2) is 0 Å². The zero-order valence-electron chi connectivity index (χ0n) is 9.49. The molecule has 0 spiro atoms. The number of hydrogen-bond acceptors (Lipinski definition) is 1. The molecule has 4 heteroatoms. The third kappa shape index (κ3) is 3.67. The molecule has 2 aromatic carbocycles. The van der Waals surface area contributed by atoms with Crippen molar-refractivity contribution in [3.8, 4) is 0 Å². The second kappa shape index (κ2) is 5.78. The highest BCUT2D eigenvalue weighted by Gasteiger charge is 2.04. The SMILES string of the molecule is O=C(Cc1cccc(F)c1)Nc1ccc(Br)cc1. The van der Waals surface area contributed by atoms with Gasteiger partial charge in [0.05, 0.1) is 6.42 Å². The molecule has 0 aromatic heterocycles. The molecule has 2 nitrogen and oxygen atoms in total. The lowest BCUT2D eigenvalue weighted by molar-refractivity contribution is -0.115. The van der Waals surface area contributed by atoms with Crippen LogP contribution in [0.15, 0.2) is 53.0 Å². The minimum Gasteiger partial charge on any atom is -0.326 e. The molecule has 0 aliphatic rings. The fourth-order valence-corrected chi connectivity index (χ4v) is 1.84. The van der Waals surface area contributed by atoms with Gasteiger partial charge in [-0.3, -0.25) is 4.79 Å². The minimum atomic E-state index is -0.330. The number of halogens is 2. The Kier molecular flexibility index (Phi) is 4.10. The Morgan fingerprint density at radius 1 is 1.17 bits per heavy atom. The molecule has 1 N–H and O–H groups in total. The van der Waals surface area contributed by atoms with Crippen molar-refractivity contribution in [3.05, 3.63) is 64.4 Å². The van der Waals surface area contributed by atoms with Gasteiger partial charge in [-0.2, -0.15) is 0 Å². The van der Waals surface area contributed by atoms with Crippen molar-refractivity contribution in [2.45, 2.75) is 6.42 Å². The van der Waals surface area contributed by atoms with Gasteiger partial charge in [-0.1, -0.05) is 28.1 Å². The van der Waals surface area contributed by atoms with Crippen molar-refractivity contribution in [1.82, 2.24) is 0 Å². The van der Waals surface area contributed by atoms with E-state index in [0.29, 0.717) is 5.56 Å². The van der Waals surface area contributed by atoms with Crippen LogP contribution in [-0.4, -0.2) is 5.91 Å². The van der Waals surface area contributed by atoms with Gasteiger partial charge in [-0.15, -0.1) is 0 Å². The van der Waals surface area contributed by atoms with E-state index in [0.717, 1.165) is 10.2 Å². The first kappa shape index (κ1) is 12.8. The lowest BCUT2D eigenvalue weighted by Crippen LogP contribution is -2.14. The molecule has 0 fully saturated rings. The molecule has 0 bridgehead atoms. The highest BCUT2D eigenvalue weighted by Crippen LogP contribution is 2.14. The maximum atomic E-state index is 13.0. The van der Waals surface area contributed by atoms with Gasteiger partial charge < -0.3 is 5.32 Å². The molecule has 18 heavy (non-hydrogen) atoms. The van der Waals surface area contributed by atoms with Crippen molar-refractivity contribution in [2.24, 2.45) is 0 Å². The van der Waals surface area contributed by atoms with Crippen LogP contribution in [0.4, 0.5) is 10.1 Å². The van der Waals surface area contributed by atoms with E-state index < -0.39 is 0 Å². The van der Waals surface area contributed by atoms with Gasteiger partial charge in [-0.25, -0.2) is 4.39 Å². The first-order valence-electron chi connectivity index (χ1n) is 5.43. The van der Waals surface area contributed by atoms with E-state index in [1.165, 1.54) is 12.1 Å². The number of rotatable bonds is 3.